The maximum Gasteiger partial charge on any atom is 0.303 e. The van der Waals surface area contributed by atoms with E-state index in [4.69, 9.17) is 4.74 Å². The van der Waals surface area contributed by atoms with Crippen LogP contribution in [-0.4, -0.2) is 41.4 Å². The molecule has 176 valence electrons. The Morgan fingerprint density at radius 3 is 2.18 bits per heavy atom. The number of carbonyl (C=O) groups is 2. The predicted octanol–water partition coefficient (Wildman–Crippen LogP) is 4.82. The minimum Gasteiger partial charge on any atom is -0.447 e. The minimum absolute atomic E-state index is 0.105. The number of hydrogen-bond donors (Lipinski definition) is 1. The van der Waals surface area contributed by atoms with Crippen LogP contribution in [0.4, 0.5) is 0 Å². The summed E-state index contributed by atoms with van der Waals surface area (Å²) >= 11 is 0. The molecule has 5 nitrogen and oxygen atoms in total. The number of hydrogen-bond acceptors (Lipinski definition) is 4. The molecule has 1 aliphatic heterocycles. The maximum absolute atomic E-state index is 13.1. The van der Waals surface area contributed by atoms with E-state index in [1.807, 2.05) is 30.3 Å². The normalized spacial score (nSPS) is 24.6. The highest BCUT2D eigenvalue weighted by atomic mass is 16.5. The Morgan fingerprint density at radius 1 is 0.970 bits per heavy atom. The molecule has 1 aliphatic carbocycles. The molecule has 4 rings (SSSR count). The topological polar surface area (TPSA) is 58.6 Å². The highest BCUT2D eigenvalue weighted by Crippen LogP contribution is 2.38. The van der Waals surface area contributed by atoms with Gasteiger partial charge in [-0.3, -0.25) is 14.5 Å². The SMILES string of the molecule is CC(=O)OC(C(=O)NC1CCC(Cc2ccccc2)(N2CCCCC2)CC1)c1ccccc1. The van der Waals surface area contributed by atoms with Gasteiger partial charge in [0.15, 0.2) is 0 Å². The fraction of sp³-hybridized carbons (Fsp3) is 0.500. The Labute approximate surface area is 197 Å². The van der Waals surface area contributed by atoms with Crippen molar-refractivity contribution in [3.05, 3.63) is 71.8 Å². The summed E-state index contributed by atoms with van der Waals surface area (Å²) in [5.41, 5.74) is 2.26. The van der Waals surface area contributed by atoms with Crippen molar-refractivity contribution in [2.45, 2.75) is 76.0 Å². The Balaban J connectivity index is 1.43. The molecule has 2 aliphatic rings. The smallest absolute Gasteiger partial charge is 0.303 e. The van der Waals surface area contributed by atoms with Crippen LogP contribution in [0.25, 0.3) is 0 Å². The number of nitrogens with one attached hydrogen (secondary N) is 1. The summed E-state index contributed by atoms with van der Waals surface area (Å²) in [4.78, 5) is 27.5. The van der Waals surface area contributed by atoms with Crippen molar-refractivity contribution in [1.29, 1.82) is 0 Å². The van der Waals surface area contributed by atoms with Gasteiger partial charge in [-0.15, -0.1) is 0 Å². The fourth-order valence-electron chi connectivity index (χ4n) is 5.59. The van der Waals surface area contributed by atoms with E-state index in [1.54, 1.807) is 0 Å². The number of likely N-dealkylation sites (tertiary alicyclic amines) is 1. The molecule has 1 heterocycles. The average molecular weight is 449 g/mol. The molecule has 2 aromatic rings. The van der Waals surface area contributed by atoms with Crippen LogP contribution >= 0.6 is 0 Å². The third-order valence-electron chi connectivity index (χ3n) is 7.29. The number of rotatable bonds is 7. The van der Waals surface area contributed by atoms with Gasteiger partial charge < -0.3 is 10.1 Å². The van der Waals surface area contributed by atoms with Gasteiger partial charge in [0, 0.05) is 24.1 Å². The van der Waals surface area contributed by atoms with Crippen molar-refractivity contribution in [2.24, 2.45) is 0 Å². The van der Waals surface area contributed by atoms with Crippen LogP contribution in [0.1, 0.15) is 69.1 Å². The molecule has 1 amide bonds. The van der Waals surface area contributed by atoms with Crippen LogP contribution in [0.15, 0.2) is 60.7 Å². The molecule has 1 saturated carbocycles. The number of nitrogens with zero attached hydrogens (tertiary/aromatic N) is 1. The first kappa shape index (κ1) is 23.5. The van der Waals surface area contributed by atoms with E-state index in [1.165, 1.54) is 44.8 Å². The van der Waals surface area contributed by atoms with Gasteiger partial charge in [0.1, 0.15) is 0 Å². The Morgan fingerprint density at radius 2 is 1.58 bits per heavy atom. The number of ether oxygens (including phenoxy) is 1. The molecule has 1 N–H and O–H groups in total. The van der Waals surface area contributed by atoms with Crippen LogP contribution in [0.5, 0.6) is 0 Å². The van der Waals surface area contributed by atoms with E-state index in [2.05, 4.69) is 40.5 Å². The fourth-order valence-corrected chi connectivity index (χ4v) is 5.59. The third-order valence-corrected chi connectivity index (χ3v) is 7.29. The lowest BCUT2D eigenvalue weighted by molar-refractivity contribution is -0.154. The highest BCUT2D eigenvalue weighted by Gasteiger charge is 2.41. The summed E-state index contributed by atoms with van der Waals surface area (Å²) in [6.07, 6.45) is 8.06. The van der Waals surface area contributed by atoms with E-state index in [-0.39, 0.29) is 17.5 Å². The highest BCUT2D eigenvalue weighted by molar-refractivity contribution is 5.84. The first-order valence-corrected chi connectivity index (χ1v) is 12.4. The number of amides is 1. The van der Waals surface area contributed by atoms with E-state index in [0.29, 0.717) is 5.56 Å². The lowest BCUT2D eigenvalue weighted by Gasteiger charge is -2.50. The van der Waals surface area contributed by atoms with Crippen LogP contribution < -0.4 is 5.32 Å². The molecular weight excluding hydrogens is 412 g/mol. The van der Waals surface area contributed by atoms with Gasteiger partial charge in [0.25, 0.3) is 5.91 Å². The van der Waals surface area contributed by atoms with Crippen molar-refractivity contribution in [3.63, 3.8) is 0 Å². The molecule has 1 unspecified atom stereocenters. The van der Waals surface area contributed by atoms with E-state index >= 15 is 0 Å². The summed E-state index contributed by atoms with van der Waals surface area (Å²) < 4.78 is 5.40. The standard InChI is InChI=1S/C28H36N2O3/c1-22(31)33-26(24-13-7-3-8-14-24)27(32)29-25-15-17-28(18-16-25,30-19-9-4-10-20-30)21-23-11-5-2-6-12-23/h2-3,5-8,11-14,25-26H,4,9-10,15-21H2,1H3,(H,29,32). The summed E-state index contributed by atoms with van der Waals surface area (Å²) in [5.74, 6) is -0.676. The van der Waals surface area contributed by atoms with Crippen molar-refractivity contribution in [2.75, 3.05) is 13.1 Å². The second kappa shape index (κ2) is 11.0. The first-order chi connectivity index (χ1) is 16.1. The summed E-state index contributed by atoms with van der Waals surface area (Å²) in [7, 11) is 0. The van der Waals surface area contributed by atoms with Gasteiger partial charge in [0.2, 0.25) is 6.10 Å². The van der Waals surface area contributed by atoms with Gasteiger partial charge in [-0.1, -0.05) is 67.1 Å². The zero-order valence-corrected chi connectivity index (χ0v) is 19.7. The molecule has 5 heteroatoms. The van der Waals surface area contributed by atoms with Crippen LogP contribution in [0.3, 0.4) is 0 Å². The molecule has 33 heavy (non-hydrogen) atoms. The molecule has 2 fully saturated rings. The minimum atomic E-state index is -0.901. The van der Waals surface area contributed by atoms with Gasteiger partial charge >= 0.3 is 5.97 Å². The lowest BCUT2D eigenvalue weighted by Crippen LogP contribution is -2.56. The summed E-state index contributed by atoms with van der Waals surface area (Å²) in [6, 6.07) is 20.2. The number of piperidine rings is 1. The van der Waals surface area contributed by atoms with Gasteiger partial charge in [-0.2, -0.15) is 0 Å². The zero-order chi connectivity index (χ0) is 23.1. The molecule has 0 aromatic heterocycles. The maximum atomic E-state index is 13.1. The Hall–Kier alpha value is -2.66. The third kappa shape index (κ3) is 6.02. The molecule has 0 spiro atoms. The van der Waals surface area contributed by atoms with Crippen LogP contribution in [0.2, 0.25) is 0 Å². The number of carbonyl (C=O) groups excluding carboxylic acids is 2. The summed E-state index contributed by atoms with van der Waals surface area (Å²) in [5, 5.41) is 3.19. The van der Waals surface area contributed by atoms with E-state index in [0.717, 1.165) is 32.1 Å². The van der Waals surface area contributed by atoms with Gasteiger partial charge in [-0.25, -0.2) is 0 Å². The molecule has 0 bridgehead atoms. The quantitative estimate of drug-likeness (QED) is 0.617. The Kier molecular flexibility index (Phi) is 7.81. The van der Waals surface area contributed by atoms with Gasteiger partial charge in [-0.05, 0) is 63.6 Å². The number of benzene rings is 2. The molecular formula is C28H36N2O3. The average Bonchev–Trinajstić information content (AvgIpc) is 2.85. The van der Waals surface area contributed by atoms with E-state index < -0.39 is 12.1 Å². The van der Waals surface area contributed by atoms with Crippen molar-refractivity contribution >= 4 is 11.9 Å². The monoisotopic (exact) mass is 448 g/mol. The summed E-state index contributed by atoms with van der Waals surface area (Å²) in [6.45, 7) is 3.69. The molecule has 1 saturated heterocycles. The molecule has 0 radical (unpaired) electrons. The van der Waals surface area contributed by atoms with Gasteiger partial charge in [0.05, 0.1) is 0 Å². The second-order valence-electron chi connectivity index (χ2n) is 9.62. The van der Waals surface area contributed by atoms with Crippen molar-refractivity contribution in [1.82, 2.24) is 10.2 Å². The van der Waals surface area contributed by atoms with Crippen molar-refractivity contribution < 1.29 is 14.3 Å². The lowest BCUT2D eigenvalue weighted by atomic mass is 9.73. The molecule has 1 atom stereocenters. The molecule has 2 aromatic carbocycles. The van der Waals surface area contributed by atoms with Crippen molar-refractivity contribution in [3.8, 4) is 0 Å². The second-order valence-corrected chi connectivity index (χ2v) is 9.62. The number of esters is 1. The van der Waals surface area contributed by atoms with E-state index in [9.17, 15) is 9.59 Å². The van der Waals surface area contributed by atoms with Crippen LogP contribution in [-0.2, 0) is 20.7 Å². The van der Waals surface area contributed by atoms with Crippen LogP contribution in [0, 0.1) is 0 Å². The predicted molar refractivity (Wildman–Crippen MR) is 130 cm³/mol. The Bertz CT molecular complexity index is 901. The largest absolute Gasteiger partial charge is 0.447 e. The first-order valence-electron chi connectivity index (χ1n) is 12.4. The zero-order valence-electron chi connectivity index (χ0n) is 19.7.